The number of hydrogen-bond acceptors (Lipinski definition) is 6. The second-order valence-electron chi connectivity index (χ2n) is 3.74. The zero-order chi connectivity index (χ0) is 11.9. The van der Waals surface area contributed by atoms with E-state index in [9.17, 15) is 0 Å². The number of pyridine rings is 2. The molecule has 4 aromatic rings. The fourth-order valence-corrected chi connectivity index (χ4v) is 3.32. The molecule has 0 bridgehead atoms. The molecule has 6 heteroatoms. The van der Waals surface area contributed by atoms with E-state index >= 15 is 0 Å². The van der Waals surface area contributed by atoms with E-state index in [4.69, 9.17) is 0 Å². The first-order chi connectivity index (χ1) is 8.90. The quantitative estimate of drug-likeness (QED) is 0.532. The van der Waals surface area contributed by atoms with Crippen LogP contribution in [-0.2, 0) is 0 Å². The largest absolute Gasteiger partial charge is 0.244 e. The molecule has 0 radical (unpaired) electrons. The van der Waals surface area contributed by atoms with Crippen LogP contribution in [0.2, 0.25) is 0 Å². The lowest BCUT2D eigenvalue weighted by Crippen LogP contribution is -1.79. The van der Waals surface area contributed by atoms with E-state index in [0.717, 1.165) is 31.3 Å². The molecule has 0 saturated heterocycles. The van der Waals surface area contributed by atoms with Crippen molar-refractivity contribution in [1.82, 2.24) is 19.9 Å². The molecule has 4 heterocycles. The minimum absolute atomic E-state index is 0.794. The van der Waals surface area contributed by atoms with Crippen LogP contribution in [0.15, 0.2) is 36.1 Å². The highest BCUT2D eigenvalue weighted by Crippen LogP contribution is 2.30. The molecule has 0 spiro atoms. The Morgan fingerprint density at radius 1 is 1.11 bits per heavy atom. The Morgan fingerprint density at radius 3 is 3.06 bits per heavy atom. The maximum atomic E-state index is 4.57. The van der Waals surface area contributed by atoms with Crippen molar-refractivity contribution in [3.05, 3.63) is 36.1 Å². The van der Waals surface area contributed by atoms with Gasteiger partial charge in [-0.15, -0.1) is 11.3 Å². The third kappa shape index (κ3) is 1.50. The molecule has 4 aromatic heterocycles. The summed E-state index contributed by atoms with van der Waals surface area (Å²) in [6.45, 7) is 0. The van der Waals surface area contributed by atoms with E-state index in [2.05, 4.69) is 26.0 Å². The van der Waals surface area contributed by atoms with Crippen molar-refractivity contribution in [2.75, 3.05) is 0 Å². The van der Waals surface area contributed by atoms with Crippen molar-refractivity contribution in [3.63, 3.8) is 0 Å². The van der Waals surface area contributed by atoms with Gasteiger partial charge in [0.05, 0.1) is 10.2 Å². The molecule has 0 unspecified atom stereocenters. The van der Waals surface area contributed by atoms with Crippen LogP contribution in [0.5, 0.6) is 0 Å². The lowest BCUT2D eigenvalue weighted by Gasteiger charge is -1.94. The average molecular weight is 270 g/mol. The van der Waals surface area contributed by atoms with Crippen molar-refractivity contribution in [2.24, 2.45) is 0 Å². The molecular weight excluding hydrogens is 264 g/mol. The topological polar surface area (TPSA) is 51.6 Å². The molecule has 0 amide bonds. The van der Waals surface area contributed by atoms with Gasteiger partial charge in [-0.1, -0.05) is 11.3 Å². The van der Waals surface area contributed by atoms with Gasteiger partial charge >= 0.3 is 0 Å². The van der Waals surface area contributed by atoms with Gasteiger partial charge in [-0.05, 0) is 18.2 Å². The summed E-state index contributed by atoms with van der Waals surface area (Å²) in [5, 5.41) is 0.950. The van der Waals surface area contributed by atoms with E-state index in [1.165, 1.54) is 0 Å². The molecule has 0 aliphatic heterocycles. The summed E-state index contributed by atoms with van der Waals surface area (Å²) in [4.78, 5) is 18.3. The molecule has 0 N–H and O–H groups in total. The molecule has 0 aromatic carbocycles. The second kappa shape index (κ2) is 3.79. The summed E-state index contributed by atoms with van der Waals surface area (Å²) in [6, 6.07) is 5.95. The molecule has 0 atom stereocenters. The summed E-state index contributed by atoms with van der Waals surface area (Å²) in [5.41, 5.74) is 4.56. The zero-order valence-electron chi connectivity index (χ0n) is 9.07. The summed E-state index contributed by atoms with van der Waals surface area (Å²) in [6.07, 6.45) is 3.61. The summed E-state index contributed by atoms with van der Waals surface area (Å²) >= 11 is 3.17. The minimum Gasteiger partial charge on any atom is -0.244 e. The van der Waals surface area contributed by atoms with E-state index in [1.807, 2.05) is 18.3 Å². The first kappa shape index (κ1) is 10.0. The normalized spacial score (nSPS) is 11.3. The van der Waals surface area contributed by atoms with Gasteiger partial charge in [0.2, 0.25) is 0 Å². The Bertz CT molecular complexity index is 816. The zero-order valence-corrected chi connectivity index (χ0v) is 10.7. The third-order valence-corrected chi connectivity index (χ3v) is 4.39. The van der Waals surface area contributed by atoms with Crippen LogP contribution in [0.1, 0.15) is 0 Å². The smallest absolute Gasteiger partial charge is 0.170 e. The van der Waals surface area contributed by atoms with Gasteiger partial charge in [-0.3, -0.25) is 0 Å². The van der Waals surface area contributed by atoms with Gasteiger partial charge in [-0.2, -0.15) is 0 Å². The minimum atomic E-state index is 0.794. The number of nitrogens with zero attached hydrogens (tertiary/aromatic N) is 4. The van der Waals surface area contributed by atoms with E-state index in [1.54, 1.807) is 34.4 Å². The maximum absolute atomic E-state index is 4.57. The molecule has 4 nitrogen and oxygen atoms in total. The summed E-state index contributed by atoms with van der Waals surface area (Å²) in [5.74, 6) is 0. The Labute approximate surface area is 110 Å². The van der Waals surface area contributed by atoms with Crippen LogP contribution >= 0.6 is 22.7 Å². The highest BCUT2D eigenvalue weighted by atomic mass is 32.1. The second-order valence-corrected chi connectivity index (χ2v) is 5.61. The Morgan fingerprint density at radius 2 is 2.11 bits per heavy atom. The maximum Gasteiger partial charge on any atom is 0.170 e. The fraction of sp³-hybridized carbons (Fsp3) is 0. The Balaban J connectivity index is 1.94. The van der Waals surface area contributed by atoms with Gasteiger partial charge in [0.25, 0.3) is 0 Å². The van der Waals surface area contributed by atoms with Gasteiger partial charge < -0.3 is 0 Å². The number of rotatable bonds is 1. The van der Waals surface area contributed by atoms with Crippen molar-refractivity contribution >= 4 is 43.4 Å². The number of fused-ring (bicyclic) bond motifs is 2. The monoisotopic (exact) mass is 270 g/mol. The van der Waals surface area contributed by atoms with Crippen molar-refractivity contribution in [2.45, 2.75) is 0 Å². The van der Waals surface area contributed by atoms with Gasteiger partial charge in [0.15, 0.2) is 5.65 Å². The van der Waals surface area contributed by atoms with E-state index in [0.29, 0.717) is 0 Å². The number of hydrogen-bond donors (Lipinski definition) is 0. The number of thiazole rings is 2. The highest BCUT2D eigenvalue weighted by molar-refractivity contribution is 7.21. The summed E-state index contributed by atoms with van der Waals surface area (Å²) in [7, 11) is 0. The van der Waals surface area contributed by atoms with Crippen LogP contribution < -0.4 is 0 Å². The van der Waals surface area contributed by atoms with Gasteiger partial charge in [0, 0.05) is 18.0 Å². The van der Waals surface area contributed by atoms with Gasteiger partial charge in [-0.25, -0.2) is 19.9 Å². The Hall–Kier alpha value is -1.92. The molecule has 0 saturated carbocycles. The Kier molecular flexibility index (Phi) is 2.12. The molecule has 18 heavy (non-hydrogen) atoms. The standard InChI is InChI=1S/C12H6N4S2/c1-2-8-12(13-3-1)18-11(16-8)7-4-9-10(14-5-7)15-6-17-9/h1-6H. The third-order valence-electron chi connectivity index (χ3n) is 2.60. The lowest BCUT2D eigenvalue weighted by atomic mass is 10.3. The predicted octanol–water partition coefficient (Wildman–Crippen LogP) is 3.36. The molecule has 86 valence electrons. The van der Waals surface area contributed by atoms with Crippen LogP contribution in [0.4, 0.5) is 0 Å². The van der Waals surface area contributed by atoms with Crippen LogP contribution in [-0.4, -0.2) is 19.9 Å². The van der Waals surface area contributed by atoms with Crippen molar-refractivity contribution in [1.29, 1.82) is 0 Å². The molecule has 0 aliphatic carbocycles. The molecule has 4 rings (SSSR count). The van der Waals surface area contributed by atoms with E-state index in [-0.39, 0.29) is 0 Å². The molecule has 0 fully saturated rings. The highest BCUT2D eigenvalue weighted by Gasteiger charge is 2.08. The molecular formula is C12H6N4S2. The van der Waals surface area contributed by atoms with Crippen LogP contribution in [0, 0.1) is 0 Å². The van der Waals surface area contributed by atoms with Gasteiger partial charge in [0.1, 0.15) is 15.4 Å². The average Bonchev–Trinajstić information content (AvgIpc) is 3.04. The number of aromatic nitrogens is 4. The van der Waals surface area contributed by atoms with Crippen LogP contribution in [0.3, 0.4) is 0 Å². The van der Waals surface area contributed by atoms with E-state index < -0.39 is 0 Å². The summed E-state index contributed by atoms with van der Waals surface area (Å²) < 4.78 is 1.08. The first-order valence-electron chi connectivity index (χ1n) is 5.31. The SMILES string of the molecule is c1cnc2sc(-c3cnc4ncsc4c3)nc2c1. The fourth-order valence-electron chi connectivity index (χ4n) is 1.76. The molecule has 0 aliphatic rings. The van der Waals surface area contributed by atoms with Crippen LogP contribution in [0.25, 0.3) is 31.3 Å². The first-order valence-corrected chi connectivity index (χ1v) is 7.01. The van der Waals surface area contributed by atoms with Crippen molar-refractivity contribution in [3.8, 4) is 10.6 Å². The lowest BCUT2D eigenvalue weighted by molar-refractivity contribution is 1.32. The predicted molar refractivity (Wildman–Crippen MR) is 73.8 cm³/mol. The van der Waals surface area contributed by atoms with Crippen molar-refractivity contribution < 1.29 is 0 Å².